The third-order valence-electron chi connectivity index (χ3n) is 1.84. The second-order valence-corrected chi connectivity index (χ2v) is 2.61. The van der Waals surface area contributed by atoms with Gasteiger partial charge in [-0.05, 0) is 38.0 Å². The first-order valence-corrected chi connectivity index (χ1v) is 3.80. The average Bonchev–Trinajstić information content (AvgIpc) is 1.99. The first kappa shape index (κ1) is 7.99. The molecule has 0 aliphatic rings. The third-order valence-corrected chi connectivity index (χ3v) is 1.84. The minimum absolute atomic E-state index is 1.08. The van der Waals surface area contributed by atoms with Gasteiger partial charge in [-0.15, -0.1) is 0 Å². The lowest BCUT2D eigenvalue weighted by Crippen LogP contribution is -1.79. The number of aryl methyl sites for hydroxylation is 1. The van der Waals surface area contributed by atoms with Gasteiger partial charge < -0.3 is 0 Å². The van der Waals surface area contributed by atoms with Crippen LogP contribution in [0.4, 0.5) is 5.69 Å². The molecule has 0 amide bonds. The Morgan fingerprint density at radius 1 is 1.27 bits per heavy atom. The maximum atomic E-state index is 4.24. The highest BCUT2D eigenvalue weighted by molar-refractivity contribution is 5.63. The van der Waals surface area contributed by atoms with Crippen molar-refractivity contribution >= 4 is 11.9 Å². The molecule has 11 heavy (non-hydrogen) atoms. The topological polar surface area (TPSA) is 12.4 Å². The molecular formula is C10H13N. The molecule has 58 valence electrons. The standard InChI is InChI=1S/C10H13N/c1-4-11-10-7-5-6-8(2)9(10)3/h4-7H,1-3H3/b11-4-. The molecular weight excluding hydrogens is 134 g/mol. The minimum Gasteiger partial charge on any atom is -0.261 e. The van der Waals surface area contributed by atoms with E-state index in [1.165, 1.54) is 11.1 Å². The predicted molar refractivity (Wildman–Crippen MR) is 49.7 cm³/mol. The summed E-state index contributed by atoms with van der Waals surface area (Å²) < 4.78 is 0. The van der Waals surface area contributed by atoms with Gasteiger partial charge in [0.15, 0.2) is 0 Å². The molecule has 1 aromatic rings. The van der Waals surface area contributed by atoms with E-state index in [2.05, 4.69) is 24.9 Å². The molecule has 1 rings (SSSR count). The van der Waals surface area contributed by atoms with Crippen molar-refractivity contribution in [2.45, 2.75) is 20.8 Å². The van der Waals surface area contributed by atoms with E-state index >= 15 is 0 Å². The van der Waals surface area contributed by atoms with E-state index < -0.39 is 0 Å². The maximum Gasteiger partial charge on any atom is 0.0657 e. The smallest absolute Gasteiger partial charge is 0.0657 e. The summed E-state index contributed by atoms with van der Waals surface area (Å²) in [5, 5.41) is 0. The van der Waals surface area contributed by atoms with Crippen LogP contribution < -0.4 is 0 Å². The number of hydrogen-bond acceptors (Lipinski definition) is 1. The monoisotopic (exact) mass is 147 g/mol. The van der Waals surface area contributed by atoms with Gasteiger partial charge in [-0.3, -0.25) is 4.99 Å². The highest BCUT2D eigenvalue weighted by Crippen LogP contribution is 2.20. The number of hydrogen-bond donors (Lipinski definition) is 0. The molecule has 1 nitrogen and oxygen atoms in total. The Balaban J connectivity index is 3.16. The number of benzene rings is 1. The first-order chi connectivity index (χ1) is 5.25. The molecule has 0 atom stereocenters. The molecule has 0 aliphatic carbocycles. The summed E-state index contributed by atoms with van der Waals surface area (Å²) >= 11 is 0. The van der Waals surface area contributed by atoms with Crippen LogP contribution in [0.3, 0.4) is 0 Å². The molecule has 1 heteroatoms. The molecule has 0 N–H and O–H groups in total. The van der Waals surface area contributed by atoms with Crippen molar-refractivity contribution in [2.24, 2.45) is 4.99 Å². The van der Waals surface area contributed by atoms with Crippen LogP contribution in [0.2, 0.25) is 0 Å². The molecule has 1 aromatic carbocycles. The van der Waals surface area contributed by atoms with E-state index in [9.17, 15) is 0 Å². The zero-order valence-corrected chi connectivity index (χ0v) is 7.26. The Labute approximate surface area is 67.8 Å². The van der Waals surface area contributed by atoms with E-state index in [1.807, 2.05) is 25.3 Å². The van der Waals surface area contributed by atoms with Crippen molar-refractivity contribution in [1.29, 1.82) is 0 Å². The molecule has 0 unspecified atom stereocenters. The van der Waals surface area contributed by atoms with Crippen molar-refractivity contribution in [3.8, 4) is 0 Å². The van der Waals surface area contributed by atoms with E-state index in [1.54, 1.807) is 0 Å². The zero-order chi connectivity index (χ0) is 8.27. The summed E-state index contributed by atoms with van der Waals surface area (Å²) in [6, 6.07) is 6.16. The third kappa shape index (κ3) is 1.67. The second-order valence-electron chi connectivity index (χ2n) is 2.61. The van der Waals surface area contributed by atoms with Crippen LogP contribution in [-0.2, 0) is 0 Å². The molecule has 0 aliphatic heterocycles. The highest BCUT2D eigenvalue weighted by atomic mass is 14.7. The van der Waals surface area contributed by atoms with Gasteiger partial charge in [0.25, 0.3) is 0 Å². The predicted octanol–water partition coefficient (Wildman–Crippen LogP) is 3.03. The van der Waals surface area contributed by atoms with Gasteiger partial charge in [0.05, 0.1) is 5.69 Å². The van der Waals surface area contributed by atoms with Gasteiger partial charge in [-0.25, -0.2) is 0 Å². The van der Waals surface area contributed by atoms with Crippen LogP contribution in [-0.4, -0.2) is 6.21 Å². The van der Waals surface area contributed by atoms with Crippen molar-refractivity contribution in [2.75, 3.05) is 0 Å². The van der Waals surface area contributed by atoms with Crippen LogP contribution in [0.15, 0.2) is 23.2 Å². The van der Waals surface area contributed by atoms with E-state index in [0.29, 0.717) is 0 Å². The maximum absolute atomic E-state index is 4.24. The SMILES string of the molecule is C/C=N\c1cccc(C)c1C. The fourth-order valence-electron chi connectivity index (χ4n) is 1.01. The lowest BCUT2D eigenvalue weighted by atomic mass is 10.1. The van der Waals surface area contributed by atoms with Gasteiger partial charge in [0, 0.05) is 6.21 Å². The molecule has 0 spiro atoms. The quantitative estimate of drug-likeness (QED) is 0.541. The number of rotatable bonds is 1. The molecule has 0 saturated carbocycles. The molecule has 0 bridgehead atoms. The molecule has 0 fully saturated rings. The van der Waals surface area contributed by atoms with Crippen molar-refractivity contribution in [1.82, 2.24) is 0 Å². The van der Waals surface area contributed by atoms with Crippen LogP contribution in [0, 0.1) is 13.8 Å². The van der Waals surface area contributed by atoms with Crippen molar-refractivity contribution in [3.63, 3.8) is 0 Å². The fourth-order valence-corrected chi connectivity index (χ4v) is 1.01. The molecule has 0 radical (unpaired) electrons. The fraction of sp³-hybridized carbons (Fsp3) is 0.300. The number of nitrogens with zero attached hydrogens (tertiary/aromatic N) is 1. The highest BCUT2D eigenvalue weighted by Gasteiger charge is 1.95. The zero-order valence-electron chi connectivity index (χ0n) is 7.26. The Hall–Kier alpha value is -1.11. The summed E-state index contributed by atoms with van der Waals surface area (Å²) in [7, 11) is 0. The van der Waals surface area contributed by atoms with Gasteiger partial charge in [-0.2, -0.15) is 0 Å². The Bertz CT molecular complexity index is 274. The average molecular weight is 147 g/mol. The Kier molecular flexibility index (Phi) is 2.42. The van der Waals surface area contributed by atoms with E-state index in [4.69, 9.17) is 0 Å². The van der Waals surface area contributed by atoms with Gasteiger partial charge in [0.2, 0.25) is 0 Å². The lowest BCUT2D eigenvalue weighted by Gasteiger charge is -2.01. The molecule has 0 heterocycles. The number of aliphatic imine (C=N–C) groups is 1. The summed E-state index contributed by atoms with van der Waals surface area (Å²) in [4.78, 5) is 4.24. The first-order valence-electron chi connectivity index (χ1n) is 3.80. The Morgan fingerprint density at radius 2 is 2.00 bits per heavy atom. The van der Waals surface area contributed by atoms with Crippen LogP contribution in [0.5, 0.6) is 0 Å². The largest absolute Gasteiger partial charge is 0.261 e. The van der Waals surface area contributed by atoms with Gasteiger partial charge >= 0.3 is 0 Å². The molecule has 0 saturated heterocycles. The van der Waals surface area contributed by atoms with E-state index in [0.717, 1.165) is 5.69 Å². The van der Waals surface area contributed by atoms with E-state index in [-0.39, 0.29) is 0 Å². The summed E-state index contributed by atoms with van der Waals surface area (Å²) in [5.41, 5.74) is 3.64. The molecule has 0 aromatic heterocycles. The summed E-state index contributed by atoms with van der Waals surface area (Å²) in [6.45, 7) is 6.13. The minimum atomic E-state index is 1.08. The van der Waals surface area contributed by atoms with Gasteiger partial charge in [0.1, 0.15) is 0 Å². The summed E-state index contributed by atoms with van der Waals surface area (Å²) in [5.74, 6) is 0. The van der Waals surface area contributed by atoms with Crippen molar-refractivity contribution < 1.29 is 0 Å². The lowest BCUT2D eigenvalue weighted by molar-refractivity contribution is 1.31. The normalized spacial score (nSPS) is 10.8. The second kappa shape index (κ2) is 3.33. The van der Waals surface area contributed by atoms with Crippen LogP contribution >= 0.6 is 0 Å². The summed E-state index contributed by atoms with van der Waals surface area (Å²) in [6.07, 6.45) is 1.82. The van der Waals surface area contributed by atoms with Gasteiger partial charge in [-0.1, -0.05) is 12.1 Å². The van der Waals surface area contributed by atoms with Crippen LogP contribution in [0.1, 0.15) is 18.1 Å². The Morgan fingerprint density at radius 3 is 2.64 bits per heavy atom. The van der Waals surface area contributed by atoms with Crippen LogP contribution in [0.25, 0.3) is 0 Å². The van der Waals surface area contributed by atoms with Crippen molar-refractivity contribution in [3.05, 3.63) is 29.3 Å².